The third kappa shape index (κ3) is 3.12. The van der Waals surface area contributed by atoms with Crippen LogP contribution in [0.25, 0.3) is 0 Å². The van der Waals surface area contributed by atoms with E-state index in [0.29, 0.717) is 5.56 Å². The molecule has 0 fully saturated rings. The number of benzene rings is 2. The number of hydrogen-bond acceptors (Lipinski definition) is 2. The van der Waals surface area contributed by atoms with Crippen molar-refractivity contribution >= 4 is 0 Å². The molecular weight excluding hydrogens is 270 g/mol. The molecule has 2 rings (SSSR count). The zero-order valence-electron chi connectivity index (χ0n) is 12.2. The maximum absolute atomic E-state index is 14.2. The molecule has 0 heterocycles. The van der Waals surface area contributed by atoms with E-state index in [9.17, 15) is 8.78 Å². The molecule has 21 heavy (non-hydrogen) atoms. The van der Waals surface area contributed by atoms with Gasteiger partial charge in [-0.2, -0.15) is 0 Å². The lowest BCUT2D eigenvalue weighted by atomic mass is 9.85. The first-order valence-electron chi connectivity index (χ1n) is 7.05. The summed E-state index contributed by atoms with van der Waals surface area (Å²) in [6, 6.07) is 12.4. The van der Waals surface area contributed by atoms with Crippen LogP contribution in [-0.2, 0) is 0 Å². The van der Waals surface area contributed by atoms with Crippen molar-refractivity contribution in [2.45, 2.75) is 32.2 Å². The van der Waals surface area contributed by atoms with Crippen molar-refractivity contribution in [1.29, 1.82) is 0 Å². The molecule has 0 aliphatic carbocycles. The predicted octanol–water partition coefficient (Wildman–Crippen LogP) is 3.97. The molecule has 2 nitrogen and oxygen atoms in total. The van der Waals surface area contributed by atoms with Crippen LogP contribution in [-0.4, -0.2) is 0 Å². The van der Waals surface area contributed by atoms with Gasteiger partial charge in [-0.15, -0.1) is 0 Å². The molecule has 0 spiro atoms. The Kier molecular flexibility index (Phi) is 5.04. The second-order valence-electron chi connectivity index (χ2n) is 5.17. The summed E-state index contributed by atoms with van der Waals surface area (Å²) in [4.78, 5) is 0. The van der Waals surface area contributed by atoms with Crippen LogP contribution < -0.4 is 11.3 Å². The Morgan fingerprint density at radius 3 is 2.29 bits per heavy atom. The first-order chi connectivity index (χ1) is 10.1. The number of hydrogen-bond donors (Lipinski definition) is 2. The molecule has 0 amide bonds. The Morgan fingerprint density at radius 1 is 1.05 bits per heavy atom. The molecule has 4 heteroatoms. The number of rotatable bonds is 5. The molecule has 0 saturated carbocycles. The minimum Gasteiger partial charge on any atom is -0.271 e. The van der Waals surface area contributed by atoms with Gasteiger partial charge >= 0.3 is 0 Å². The highest BCUT2D eigenvalue weighted by Gasteiger charge is 2.26. The van der Waals surface area contributed by atoms with Crippen LogP contribution in [0.1, 0.15) is 42.0 Å². The van der Waals surface area contributed by atoms with Crippen LogP contribution in [0.15, 0.2) is 42.5 Å². The molecule has 0 saturated heterocycles. The summed E-state index contributed by atoms with van der Waals surface area (Å²) in [7, 11) is 0. The molecule has 0 aromatic heterocycles. The minimum absolute atomic E-state index is 0.0344. The quantitative estimate of drug-likeness (QED) is 0.646. The standard InChI is InChI=1S/C17H20F2N2/c1-3-13(12-7-5-4-6-8-12)17(21-20)14-10-9-11(2)15(18)16(14)19/h4-10,13,17,21H,3,20H2,1-2H3. The van der Waals surface area contributed by atoms with Crippen molar-refractivity contribution in [3.8, 4) is 0 Å². The lowest BCUT2D eigenvalue weighted by molar-refractivity contribution is 0.411. The van der Waals surface area contributed by atoms with Gasteiger partial charge in [0.2, 0.25) is 0 Å². The largest absolute Gasteiger partial charge is 0.271 e. The van der Waals surface area contributed by atoms with Crippen LogP contribution in [0, 0.1) is 18.6 Å². The topological polar surface area (TPSA) is 38.0 Å². The fourth-order valence-corrected chi connectivity index (χ4v) is 2.69. The van der Waals surface area contributed by atoms with E-state index >= 15 is 0 Å². The normalized spacial score (nSPS) is 14.0. The smallest absolute Gasteiger partial charge is 0.163 e. The van der Waals surface area contributed by atoms with Gasteiger partial charge in [0, 0.05) is 11.5 Å². The second-order valence-corrected chi connectivity index (χ2v) is 5.17. The summed E-state index contributed by atoms with van der Waals surface area (Å²) < 4.78 is 28.1. The Morgan fingerprint density at radius 2 is 1.71 bits per heavy atom. The first kappa shape index (κ1) is 15.6. The first-order valence-corrected chi connectivity index (χ1v) is 7.05. The maximum atomic E-state index is 14.2. The second kappa shape index (κ2) is 6.78. The highest BCUT2D eigenvalue weighted by Crippen LogP contribution is 2.35. The lowest BCUT2D eigenvalue weighted by Gasteiger charge is -2.27. The van der Waals surface area contributed by atoms with Crippen molar-refractivity contribution in [1.82, 2.24) is 5.43 Å². The number of halogens is 2. The number of hydrazine groups is 1. The van der Waals surface area contributed by atoms with Crippen LogP contribution in [0.5, 0.6) is 0 Å². The monoisotopic (exact) mass is 290 g/mol. The van der Waals surface area contributed by atoms with E-state index < -0.39 is 17.7 Å². The highest BCUT2D eigenvalue weighted by molar-refractivity contribution is 5.32. The van der Waals surface area contributed by atoms with Crippen molar-refractivity contribution in [3.63, 3.8) is 0 Å². The summed E-state index contributed by atoms with van der Waals surface area (Å²) in [6.45, 7) is 3.55. The van der Waals surface area contributed by atoms with E-state index in [1.54, 1.807) is 19.1 Å². The van der Waals surface area contributed by atoms with Gasteiger partial charge in [0.15, 0.2) is 11.6 Å². The average molecular weight is 290 g/mol. The summed E-state index contributed by atoms with van der Waals surface area (Å²) >= 11 is 0. The molecule has 0 bridgehead atoms. The van der Waals surface area contributed by atoms with Gasteiger partial charge in [0.25, 0.3) is 0 Å². The van der Waals surface area contributed by atoms with Crippen molar-refractivity contribution in [2.75, 3.05) is 0 Å². The molecule has 2 atom stereocenters. The van der Waals surface area contributed by atoms with E-state index in [0.717, 1.165) is 12.0 Å². The van der Waals surface area contributed by atoms with Gasteiger partial charge in [-0.05, 0) is 24.5 Å². The van der Waals surface area contributed by atoms with Crippen LogP contribution >= 0.6 is 0 Å². The van der Waals surface area contributed by atoms with Crippen LogP contribution in [0.4, 0.5) is 8.78 Å². The van der Waals surface area contributed by atoms with Gasteiger partial charge in [0.05, 0.1) is 6.04 Å². The molecular formula is C17H20F2N2. The van der Waals surface area contributed by atoms with Gasteiger partial charge in [-0.25, -0.2) is 8.78 Å². The molecule has 2 unspecified atom stereocenters. The van der Waals surface area contributed by atoms with Gasteiger partial charge in [-0.1, -0.05) is 49.4 Å². The van der Waals surface area contributed by atoms with E-state index in [1.807, 2.05) is 37.3 Å². The summed E-state index contributed by atoms with van der Waals surface area (Å²) in [5.41, 5.74) is 4.25. The Labute approximate surface area is 124 Å². The molecule has 2 aromatic carbocycles. The zero-order chi connectivity index (χ0) is 15.4. The van der Waals surface area contributed by atoms with E-state index in [-0.39, 0.29) is 11.5 Å². The summed E-state index contributed by atoms with van der Waals surface area (Å²) in [5, 5.41) is 0. The van der Waals surface area contributed by atoms with E-state index in [1.165, 1.54) is 0 Å². The molecule has 0 aliphatic heterocycles. The maximum Gasteiger partial charge on any atom is 0.163 e. The van der Waals surface area contributed by atoms with Crippen molar-refractivity contribution < 1.29 is 8.78 Å². The highest BCUT2D eigenvalue weighted by atomic mass is 19.2. The average Bonchev–Trinajstić information content (AvgIpc) is 2.52. The minimum atomic E-state index is -0.827. The molecule has 0 radical (unpaired) electrons. The number of aryl methyl sites for hydroxylation is 1. The number of nitrogens with two attached hydrogens (primary N) is 1. The molecule has 2 aromatic rings. The third-order valence-corrected chi connectivity index (χ3v) is 3.89. The Hall–Kier alpha value is -1.78. The SMILES string of the molecule is CCC(c1ccccc1)C(NN)c1ccc(C)c(F)c1F. The Balaban J connectivity index is 2.45. The zero-order valence-corrected chi connectivity index (χ0v) is 12.2. The van der Waals surface area contributed by atoms with Gasteiger partial charge in [0.1, 0.15) is 0 Å². The van der Waals surface area contributed by atoms with E-state index in [4.69, 9.17) is 5.84 Å². The predicted molar refractivity (Wildman–Crippen MR) is 80.6 cm³/mol. The number of nitrogens with one attached hydrogen (secondary N) is 1. The summed E-state index contributed by atoms with van der Waals surface area (Å²) in [6.07, 6.45) is 0.758. The van der Waals surface area contributed by atoms with Crippen molar-refractivity contribution in [2.24, 2.45) is 5.84 Å². The van der Waals surface area contributed by atoms with Gasteiger partial charge in [-0.3, -0.25) is 11.3 Å². The van der Waals surface area contributed by atoms with E-state index in [2.05, 4.69) is 5.43 Å². The third-order valence-electron chi connectivity index (χ3n) is 3.89. The molecule has 0 aliphatic rings. The lowest BCUT2D eigenvalue weighted by Crippen LogP contribution is -2.33. The van der Waals surface area contributed by atoms with Crippen molar-refractivity contribution in [3.05, 3.63) is 70.8 Å². The van der Waals surface area contributed by atoms with Crippen LogP contribution in [0.3, 0.4) is 0 Å². The fraction of sp³-hybridized carbons (Fsp3) is 0.294. The van der Waals surface area contributed by atoms with Gasteiger partial charge < -0.3 is 0 Å². The Bertz CT molecular complexity index is 599. The fourth-order valence-electron chi connectivity index (χ4n) is 2.69. The molecule has 112 valence electrons. The molecule has 3 N–H and O–H groups in total. The van der Waals surface area contributed by atoms with Crippen LogP contribution in [0.2, 0.25) is 0 Å². The summed E-state index contributed by atoms with van der Waals surface area (Å²) in [5.74, 6) is 3.97.